The summed E-state index contributed by atoms with van der Waals surface area (Å²) in [6.45, 7) is 0. The van der Waals surface area contributed by atoms with Crippen molar-refractivity contribution in [1.29, 1.82) is 0 Å². The van der Waals surface area contributed by atoms with E-state index in [4.69, 9.17) is 41.2 Å². The SMILES string of the molecule is NC(=S)c1cccc(NC(=O)Cc2ccc(Cl)c(Cl)c2)c1. The molecule has 0 aliphatic rings. The lowest BCUT2D eigenvalue weighted by atomic mass is 10.1. The van der Waals surface area contributed by atoms with Crippen LogP contribution in [0.3, 0.4) is 0 Å². The van der Waals surface area contributed by atoms with Crippen molar-refractivity contribution < 1.29 is 4.79 Å². The molecule has 3 nitrogen and oxygen atoms in total. The zero-order chi connectivity index (χ0) is 15.4. The standard InChI is InChI=1S/C15H12Cl2N2OS/c16-12-5-4-9(6-13(12)17)7-14(20)19-11-3-1-2-10(8-11)15(18)21/h1-6,8H,7H2,(H2,18,21)(H,19,20). The van der Waals surface area contributed by atoms with Crippen molar-refractivity contribution in [2.75, 3.05) is 5.32 Å². The van der Waals surface area contributed by atoms with E-state index in [1.807, 2.05) is 0 Å². The van der Waals surface area contributed by atoms with Gasteiger partial charge in [-0.25, -0.2) is 0 Å². The summed E-state index contributed by atoms with van der Waals surface area (Å²) >= 11 is 16.7. The summed E-state index contributed by atoms with van der Waals surface area (Å²) in [5, 5.41) is 3.68. The number of thiocarbonyl (C=S) groups is 1. The third kappa shape index (κ3) is 4.43. The molecule has 21 heavy (non-hydrogen) atoms. The molecule has 0 fully saturated rings. The van der Waals surface area contributed by atoms with E-state index in [-0.39, 0.29) is 17.3 Å². The van der Waals surface area contributed by atoms with Crippen LogP contribution in [0.2, 0.25) is 10.0 Å². The summed E-state index contributed by atoms with van der Waals surface area (Å²) in [5.41, 5.74) is 7.69. The molecule has 108 valence electrons. The summed E-state index contributed by atoms with van der Waals surface area (Å²) in [6.07, 6.45) is 0.203. The second kappa shape index (κ2) is 6.89. The molecule has 1 amide bonds. The van der Waals surface area contributed by atoms with Crippen molar-refractivity contribution in [3.05, 3.63) is 63.6 Å². The molecule has 0 bridgehead atoms. The molecule has 0 aliphatic heterocycles. The molecule has 0 saturated carbocycles. The summed E-state index contributed by atoms with van der Waals surface area (Å²) < 4.78 is 0. The lowest BCUT2D eigenvalue weighted by molar-refractivity contribution is -0.115. The topological polar surface area (TPSA) is 55.1 Å². The number of rotatable bonds is 4. The predicted octanol–water partition coefficient (Wildman–Crippen LogP) is 3.81. The van der Waals surface area contributed by atoms with Crippen molar-refractivity contribution in [2.24, 2.45) is 5.73 Å². The molecule has 3 N–H and O–H groups in total. The van der Waals surface area contributed by atoms with Crippen molar-refractivity contribution in [1.82, 2.24) is 0 Å². The van der Waals surface area contributed by atoms with Gasteiger partial charge in [0.15, 0.2) is 0 Å². The maximum atomic E-state index is 12.0. The highest BCUT2D eigenvalue weighted by molar-refractivity contribution is 7.80. The number of anilines is 1. The van der Waals surface area contributed by atoms with Crippen LogP contribution >= 0.6 is 35.4 Å². The first-order chi connectivity index (χ1) is 9.95. The highest BCUT2D eigenvalue weighted by atomic mass is 35.5. The Morgan fingerprint density at radius 1 is 1.14 bits per heavy atom. The number of carbonyl (C=O) groups is 1. The smallest absolute Gasteiger partial charge is 0.228 e. The Balaban J connectivity index is 2.06. The first-order valence-corrected chi connectivity index (χ1v) is 7.26. The molecule has 2 aromatic carbocycles. The minimum Gasteiger partial charge on any atom is -0.389 e. The van der Waals surface area contributed by atoms with Crippen molar-refractivity contribution in [3.8, 4) is 0 Å². The van der Waals surface area contributed by atoms with E-state index in [9.17, 15) is 4.79 Å². The maximum Gasteiger partial charge on any atom is 0.228 e. The van der Waals surface area contributed by atoms with Crippen LogP contribution in [0.4, 0.5) is 5.69 Å². The molecule has 2 rings (SSSR count). The summed E-state index contributed by atoms with van der Waals surface area (Å²) in [7, 11) is 0. The van der Waals surface area contributed by atoms with E-state index in [0.29, 0.717) is 21.3 Å². The van der Waals surface area contributed by atoms with E-state index >= 15 is 0 Å². The average Bonchev–Trinajstić information content (AvgIpc) is 2.43. The fourth-order valence-electron chi connectivity index (χ4n) is 1.79. The average molecular weight is 339 g/mol. The van der Waals surface area contributed by atoms with Crippen molar-refractivity contribution in [3.63, 3.8) is 0 Å². The van der Waals surface area contributed by atoms with Gasteiger partial charge in [-0.2, -0.15) is 0 Å². The molecule has 0 radical (unpaired) electrons. The van der Waals surface area contributed by atoms with E-state index in [1.165, 1.54) is 0 Å². The molecule has 2 aromatic rings. The molecule has 0 spiro atoms. The fourth-order valence-corrected chi connectivity index (χ4v) is 2.24. The first kappa shape index (κ1) is 15.8. The normalized spacial score (nSPS) is 10.2. The number of halogens is 2. The first-order valence-electron chi connectivity index (χ1n) is 6.09. The van der Waals surface area contributed by atoms with E-state index in [0.717, 1.165) is 5.56 Å². The number of hydrogen-bond donors (Lipinski definition) is 2. The van der Waals surface area contributed by atoms with Crippen molar-refractivity contribution >= 4 is 52.0 Å². The third-order valence-electron chi connectivity index (χ3n) is 2.78. The van der Waals surface area contributed by atoms with Gasteiger partial charge >= 0.3 is 0 Å². The molecule has 0 unspecified atom stereocenters. The molecule has 0 heterocycles. The summed E-state index contributed by atoms with van der Waals surface area (Å²) in [5.74, 6) is -0.159. The monoisotopic (exact) mass is 338 g/mol. The van der Waals surface area contributed by atoms with Crippen LogP contribution in [0.15, 0.2) is 42.5 Å². The zero-order valence-corrected chi connectivity index (χ0v) is 13.2. The largest absolute Gasteiger partial charge is 0.389 e. The van der Waals surface area contributed by atoms with Gasteiger partial charge in [-0.05, 0) is 29.8 Å². The van der Waals surface area contributed by atoms with Gasteiger partial charge in [-0.3, -0.25) is 4.79 Å². The number of carbonyl (C=O) groups excluding carboxylic acids is 1. The minimum atomic E-state index is -0.159. The van der Waals surface area contributed by atoms with Crippen LogP contribution < -0.4 is 11.1 Å². The Morgan fingerprint density at radius 3 is 2.57 bits per heavy atom. The Morgan fingerprint density at radius 2 is 1.90 bits per heavy atom. The minimum absolute atomic E-state index is 0.159. The predicted molar refractivity (Wildman–Crippen MR) is 91.1 cm³/mol. The van der Waals surface area contributed by atoms with Gasteiger partial charge in [0.1, 0.15) is 4.99 Å². The van der Waals surface area contributed by atoms with Crippen LogP contribution in [0.5, 0.6) is 0 Å². The fraction of sp³-hybridized carbons (Fsp3) is 0.0667. The second-order valence-electron chi connectivity index (χ2n) is 4.42. The molecule has 0 saturated heterocycles. The molecule has 0 aliphatic carbocycles. The Kier molecular flexibility index (Phi) is 5.17. The number of amides is 1. The number of benzene rings is 2. The molecule has 0 atom stereocenters. The van der Waals surface area contributed by atoms with Gasteiger partial charge in [0.05, 0.1) is 16.5 Å². The molecular weight excluding hydrogens is 327 g/mol. The van der Waals surface area contributed by atoms with Gasteiger partial charge in [-0.1, -0.05) is 53.6 Å². The Hall–Kier alpha value is -1.62. The van der Waals surface area contributed by atoms with Crippen molar-refractivity contribution in [2.45, 2.75) is 6.42 Å². The lowest BCUT2D eigenvalue weighted by Crippen LogP contribution is -2.15. The van der Waals surface area contributed by atoms with Crippen LogP contribution in [0.1, 0.15) is 11.1 Å². The number of nitrogens with one attached hydrogen (secondary N) is 1. The molecular formula is C15H12Cl2N2OS. The zero-order valence-electron chi connectivity index (χ0n) is 10.9. The number of nitrogens with two attached hydrogens (primary N) is 1. The summed E-state index contributed by atoms with van der Waals surface area (Å²) in [4.78, 5) is 12.3. The van der Waals surface area contributed by atoms with Gasteiger partial charge in [0, 0.05) is 11.3 Å². The second-order valence-corrected chi connectivity index (χ2v) is 5.67. The number of hydrogen-bond acceptors (Lipinski definition) is 2. The van der Waals surface area contributed by atoms with E-state index in [2.05, 4.69) is 5.32 Å². The summed E-state index contributed by atoms with van der Waals surface area (Å²) in [6, 6.07) is 12.2. The third-order valence-corrected chi connectivity index (χ3v) is 3.75. The van der Waals surface area contributed by atoms with Gasteiger partial charge in [0.2, 0.25) is 5.91 Å². The van der Waals surface area contributed by atoms with Crippen LogP contribution in [-0.4, -0.2) is 10.9 Å². The highest BCUT2D eigenvalue weighted by Gasteiger charge is 2.07. The lowest BCUT2D eigenvalue weighted by Gasteiger charge is -2.07. The Bertz CT molecular complexity index is 704. The molecule has 0 aromatic heterocycles. The van der Waals surface area contributed by atoms with E-state index < -0.39 is 0 Å². The Labute approximate surface area is 138 Å². The highest BCUT2D eigenvalue weighted by Crippen LogP contribution is 2.23. The van der Waals surface area contributed by atoms with Crippen LogP contribution in [-0.2, 0) is 11.2 Å². The van der Waals surface area contributed by atoms with Gasteiger partial charge in [0.25, 0.3) is 0 Å². The quantitative estimate of drug-likeness (QED) is 0.833. The molecule has 6 heteroatoms. The van der Waals surface area contributed by atoms with Gasteiger partial charge in [-0.15, -0.1) is 0 Å². The van der Waals surface area contributed by atoms with Crippen LogP contribution in [0, 0.1) is 0 Å². The van der Waals surface area contributed by atoms with Crippen LogP contribution in [0.25, 0.3) is 0 Å². The van der Waals surface area contributed by atoms with E-state index in [1.54, 1.807) is 42.5 Å². The maximum absolute atomic E-state index is 12.0. The van der Waals surface area contributed by atoms with Gasteiger partial charge < -0.3 is 11.1 Å².